The maximum atomic E-state index is 13.0. The van der Waals surface area contributed by atoms with Crippen LogP contribution in [-0.4, -0.2) is 8.42 Å². The van der Waals surface area contributed by atoms with Crippen LogP contribution < -0.4 is 10.5 Å². The van der Waals surface area contributed by atoms with Crippen molar-refractivity contribution in [2.24, 2.45) is 5.73 Å². The molecule has 7 heteroatoms. The summed E-state index contributed by atoms with van der Waals surface area (Å²) in [6.45, 7) is 15.2. The minimum absolute atomic E-state index is 0. The van der Waals surface area contributed by atoms with Crippen molar-refractivity contribution in [1.82, 2.24) is 4.72 Å². The standard InChI is InChI=1S/C21H21ClN2O2S.C12H18.Ru/c1-16-12-14-19(15-13-16)27(25,26)24-21(22,18-10-6-3-7-11-18)20(23)17-8-4-2-5-9-17;1-7-8(2)10(4)12(6)11(5)9(7)3;/h2-15,20,24H,23H2,1H3;1-6H3;/t20-,21-;;/m0../s1. The van der Waals surface area contributed by atoms with Crippen LogP contribution in [0.3, 0.4) is 0 Å². The van der Waals surface area contributed by atoms with Crippen LogP contribution in [0, 0.1) is 48.5 Å². The maximum Gasteiger partial charge on any atom is 0.242 e. The van der Waals surface area contributed by atoms with Gasteiger partial charge in [0.05, 0.1) is 10.9 Å². The topological polar surface area (TPSA) is 72.2 Å². The van der Waals surface area contributed by atoms with Crippen molar-refractivity contribution >= 4 is 21.6 Å². The number of aryl methyl sites for hydroxylation is 1. The fraction of sp³-hybridized carbons (Fsp3) is 0.273. The molecule has 0 bridgehead atoms. The monoisotopic (exact) mass is 664 g/mol. The van der Waals surface area contributed by atoms with Crippen LogP contribution in [0.5, 0.6) is 0 Å². The Kier molecular flexibility index (Phi) is 11.9. The zero-order valence-electron chi connectivity index (χ0n) is 24.2. The van der Waals surface area contributed by atoms with Gasteiger partial charge in [0, 0.05) is 19.5 Å². The van der Waals surface area contributed by atoms with Crippen molar-refractivity contribution in [1.29, 1.82) is 0 Å². The molecule has 40 heavy (non-hydrogen) atoms. The molecule has 4 aromatic carbocycles. The van der Waals surface area contributed by atoms with Gasteiger partial charge in [-0.2, -0.15) is 4.72 Å². The second kappa shape index (κ2) is 14.0. The molecule has 0 unspecified atom stereocenters. The zero-order chi connectivity index (χ0) is 29.0. The Morgan fingerprint density at radius 3 is 1.43 bits per heavy atom. The van der Waals surface area contributed by atoms with Crippen LogP contribution in [0.25, 0.3) is 0 Å². The van der Waals surface area contributed by atoms with Gasteiger partial charge in [-0.3, -0.25) is 0 Å². The molecule has 4 aromatic rings. The molecular formula is C33H39ClN2O2RuS. The maximum absolute atomic E-state index is 13.0. The molecule has 3 N–H and O–H groups in total. The summed E-state index contributed by atoms with van der Waals surface area (Å²) in [5, 5.41) is 0. The van der Waals surface area contributed by atoms with Gasteiger partial charge < -0.3 is 5.73 Å². The van der Waals surface area contributed by atoms with Crippen molar-refractivity contribution in [3.63, 3.8) is 0 Å². The Hall–Kier alpha value is -2.34. The first-order valence-corrected chi connectivity index (χ1v) is 14.8. The molecule has 214 valence electrons. The van der Waals surface area contributed by atoms with E-state index in [9.17, 15) is 8.42 Å². The third-order valence-electron chi connectivity index (χ3n) is 7.77. The number of nitrogens with one attached hydrogen (secondary N) is 1. The number of sulfonamides is 1. The average Bonchev–Trinajstić information content (AvgIpc) is 2.95. The molecule has 0 saturated carbocycles. The van der Waals surface area contributed by atoms with Crippen LogP contribution in [0.4, 0.5) is 0 Å². The zero-order valence-corrected chi connectivity index (χ0v) is 27.5. The molecule has 0 spiro atoms. The largest absolute Gasteiger partial charge is 0.321 e. The van der Waals surface area contributed by atoms with Gasteiger partial charge >= 0.3 is 0 Å². The fourth-order valence-corrected chi connectivity index (χ4v) is 6.34. The van der Waals surface area contributed by atoms with Crippen LogP contribution >= 0.6 is 11.6 Å². The van der Waals surface area contributed by atoms with Gasteiger partial charge in [0.15, 0.2) is 5.00 Å². The fourth-order valence-electron chi connectivity index (χ4n) is 4.53. The predicted molar refractivity (Wildman–Crippen MR) is 164 cm³/mol. The summed E-state index contributed by atoms with van der Waals surface area (Å²) in [6.07, 6.45) is 0. The molecule has 0 saturated heterocycles. The molecule has 0 radical (unpaired) electrons. The summed E-state index contributed by atoms with van der Waals surface area (Å²) in [5.74, 6) is 0. The first-order chi connectivity index (χ1) is 18.3. The normalized spacial score (nSPS) is 13.3. The number of rotatable bonds is 6. The Morgan fingerprint density at radius 2 is 1.02 bits per heavy atom. The Bertz CT molecular complexity index is 1420. The molecule has 0 aliphatic rings. The van der Waals surface area contributed by atoms with Gasteiger partial charge in [-0.25, -0.2) is 8.42 Å². The van der Waals surface area contributed by atoms with Crippen molar-refractivity contribution in [3.8, 4) is 0 Å². The molecule has 4 nitrogen and oxygen atoms in total. The van der Waals surface area contributed by atoms with Gasteiger partial charge in [-0.1, -0.05) is 90.0 Å². The van der Waals surface area contributed by atoms with Crippen LogP contribution in [-0.2, 0) is 34.5 Å². The van der Waals surface area contributed by atoms with E-state index in [0.717, 1.165) is 11.1 Å². The Labute approximate surface area is 258 Å². The van der Waals surface area contributed by atoms with Crippen LogP contribution in [0.2, 0.25) is 0 Å². The van der Waals surface area contributed by atoms with Gasteiger partial charge in [-0.15, -0.1) is 0 Å². The predicted octanol–water partition coefficient (Wildman–Crippen LogP) is 7.60. The van der Waals surface area contributed by atoms with Crippen molar-refractivity contribution in [2.75, 3.05) is 0 Å². The Morgan fingerprint density at radius 1 is 0.650 bits per heavy atom. The second-order valence-corrected chi connectivity index (χ2v) is 12.4. The van der Waals surface area contributed by atoms with Gasteiger partial charge in [0.25, 0.3) is 0 Å². The summed E-state index contributed by atoms with van der Waals surface area (Å²) in [4.78, 5) is -1.42. The number of hydrogen-bond acceptors (Lipinski definition) is 3. The molecule has 4 rings (SSSR count). The van der Waals surface area contributed by atoms with E-state index >= 15 is 0 Å². The Balaban J connectivity index is 0.000000363. The minimum Gasteiger partial charge on any atom is -0.321 e. The van der Waals surface area contributed by atoms with Crippen molar-refractivity contribution in [2.45, 2.75) is 64.4 Å². The van der Waals surface area contributed by atoms with E-state index in [2.05, 4.69) is 46.3 Å². The summed E-state index contributed by atoms with van der Waals surface area (Å²) in [7, 11) is -3.90. The number of nitrogens with two attached hydrogens (primary N) is 1. The van der Waals surface area contributed by atoms with Crippen molar-refractivity contribution < 1.29 is 27.9 Å². The van der Waals surface area contributed by atoms with Gasteiger partial charge in [0.2, 0.25) is 10.0 Å². The van der Waals surface area contributed by atoms with Gasteiger partial charge in [-0.05, 0) is 105 Å². The molecule has 0 fully saturated rings. The van der Waals surface area contributed by atoms with Gasteiger partial charge in [0.1, 0.15) is 0 Å². The second-order valence-electron chi connectivity index (χ2n) is 10.1. The van der Waals surface area contributed by atoms with E-state index in [0.29, 0.717) is 5.56 Å². The molecular weight excluding hydrogens is 625 g/mol. The first-order valence-electron chi connectivity index (χ1n) is 13.0. The number of hydrogen-bond donors (Lipinski definition) is 2. The summed E-state index contributed by atoms with van der Waals surface area (Å²) >= 11 is 6.90. The third kappa shape index (κ3) is 7.49. The van der Waals surface area contributed by atoms with E-state index in [4.69, 9.17) is 17.3 Å². The van der Waals surface area contributed by atoms with Crippen LogP contribution in [0.1, 0.15) is 56.1 Å². The number of alkyl halides is 1. The number of halogens is 1. The summed E-state index contributed by atoms with van der Waals surface area (Å²) < 4.78 is 28.7. The summed E-state index contributed by atoms with van der Waals surface area (Å²) in [5.41, 5.74) is 17.4. The molecule has 0 amide bonds. The van der Waals surface area contributed by atoms with E-state index in [1.807, 2.05) is 43.3 Å². The van der Waals surface area contributed by atoms with E-state index in [1.165, 1.54) is 33.4 Å². The SMILES string of the molecule is Cc1c(C)c(C)c(C)c(C)c1C.Cc1ccc(S(=O)(=O)N[C@@](Cl)(c2ccccc2)[C@@H](N)c2ccccc2)cc1.[Ru]. The number of benzene rings is 4. The smallest absolute Gasteiger partial charge is 0.242 e. The van der Waals surface area contributed by atoms with E-state index in [-0.39, 0.29) is 24.4 Å². The molecule has 0 heterocycles. The third-order valence-corrected chi connectivity index (χ3v) is 9.91. The first kappa shape index (κ1) is 33.9. The van der Waals surface area contributed by atoms with E-state index in [1.54, 1.807) is 48.5 Å². The molecule has 0 aliphatic heterocycles. The van der Waals surface area contributed by atoms with Crippen LogP contribution in [0.15, 0.2) is 89.8 Å². The summed E-state index contributed by atoms with van der Waals surface area (Å²) in [6, 6.07) is 23.9. The van der Waals surface area contributed by atoms with Crippen molar-refractivity contribution in [3.05, 3.63) is 135 Å². The molecule has 2 atom stereocenters. The molecule has 0 aromatic heterocycles. The quantitative estimate of drug-likeness (QED) is 0.127. The van der Waals surface area contributed by atoms with E-state index < -0.39 is 21.1 Å². The average molecular weight is 664 g/mol. The molecule has 0 aliphatic carbocycles. The minimum atomic E-state index is -3.90.